The fraction of sp³-hybridized carbons (Fsp3) is 0.375. The van der Waals surface area contributed by atoms with E-state index in [2.05, 4.69) is 29.3 Å². The van der Waals surface area contributed by atoms with Crippen LogP contribution < -0.4 is 10.1 Å². The van der Waals surface area contributed by atoms with E-state index in [9.17, 15) is 4.79 Å². The van der Waals surface area contributed by atoms with Crippen molar-refractivity contribution in [3.8, 4) is 28.6 Å². The minimum atomic E-state index is -0.750. The van der Waals surface area contributed by atoms with E-state index in [1.807, 2.05) is 36.4 Å². The molecule has 1 fully saturated rings. The molecule has 2 heterocycles. The summed E-state index contributed by atoms with van der Waals surface area (Å²) < 4.78 is 11.2. The predicted molar refractivity (Wildman–Crippen MR) is 122 cm³/mol. The minimum absolute atomic E-state index is 0.158. The Balaban J connectivity index is 1.44. The normalized spacial score (nSPS) is 18.2. The lowest BCUT2D eigenvalue weighted by molar-refractivity contribution is -0.137. The molecule has 2 atom stereocenters. The van der Waals surface area contributed by atoms with Crippen molar-refractivity contribution < 1.29 is 19.2 Å². The number of aliphatic carboxylic acids is 1. The van der Waals surface area contributed by atoms with Crippen molar-refractivity contribution in [1.29, 1.82) is 0 Å². The first kappa shape index (κ1) is 22.3. The van der Waals surface area contributed by atoms with E-state index in [1.165, 1.54) is 0 Å². The van der Waals surface area contributed by atoms with Gasteiger partial charge in [-0.1, -0.05) is 54.9 Å². The summed E-state index contributed by atoms with van der Waals surface area (Å²) in [5.41, 5.74) is 2.68. The highest BCUT2D eigenvalue weighted by molar-refractivity contribution is 6.32. The molecule has 0 saturated carbocycles. The van der Waals surface area contributed by atoms with Crippen molar-refractivity contribution in [3.63, 3.8) is 0 Å². The average Bonchev–Trinajstić information content (AvgIpc) is 3.42. The number of hydrogen-bond donors (Lipinski definition) is 2. The highest BCUT2D eigenvalue weighted by Gasteiger charge is 2.27. The van der Waals surface area contributed by atoms with Gasteiger partial charge in [0.15, 0.2) is 0 Å². The summed E-state index contributed by atoms with van der Waals surface area (Å²) in [6, 6.07) is 13.5. The second-order valence-electron chi connectivity index (χ2n) is 8.56. The van der Waals surface area contributed by atoms with Crippen LogP contribution in [-0.4, -0.2) is 34.4 Å². The molecule has 7 nitrogen and oxygen atoms in total. The fourth-order valence-electron chi connectivity index (χ4n) is 3.80. The van der Waals surface area contributed by atoms with Crippen molar-refractivity contribution in [1.82, 2.24) is 15.5 Å². The molecule has 4 rings (SSSR count). The van der Waals surface area contributed by atoms with Gasteiger partial charge >= 0.3 is 5.97 Å². The van der Waals surface area contributed by atoms with Crippen LogP contribution in [0.3, 0.4) is 0 Å². The van der Waals surface area contributed by atoms with Gasteiger partial charge in [0.1, 0.15) is 5.75 Å². The van der Waals surface area contributed by atoms with E-state index in [1.54, 1.807) is 6.07 Å². The standard InChI is InChI=1S/C24H26ClN3O4/c1-14(2)13-31-21-8-7-18(11-19(21)25)24-27-23(28-32-24)17-5-3-16(4-6-17)20-9-15(12-26-20)10-22(29)30/h3-8,11,14-15,20,26H,9-10,12-13H2,1-2H3,(H,29,30). The van der Waals surface area contributed by atoms with Crippen LogP contribution in [0.5, 0.6) is 5.75 Å². The van der Waals surface area contributed by atoms with Crippen LogP contribution in [-0.2, 0) is 4.79 Å². The molecule has 3 aromatic rings. The molecule has 0 aliphatic carbocycles. The van der Waals surface area contributed by atoms with Gasteiger partial charge in [-0.3, -0.25) is 4.79 Å². The van der Waals surface area contributed by atoms with Gasteiger partial charge in [0, 0.05) is 23.6 Å². The molecule has 0 bridgehead atoms. The Hall–Kier alpha value is -2.90. The van der Waals surface area contributed by atoms with Gasteiger partial charge in [0.25, 0.3) is 5.89 Å². The van der Waals surface area contributed by atoms with Crippen LogP contribution in [0.1, 0.15) is 38.3 Å². The number of hydrogen-bond acceptors (Lipinski definition) is 6. The first-order valence-electron chi connectivity index (χ1n) is 10.7. The Labute approximate surface area is 191 Å². The fourth-order valence-corrected chi connectivity index (χ4v) is 4.03. The van der Waals surface area contributed by atoms with E-state index < -0.39 is 5.97 Å². The van der Waals surface area contributed by atoms with Crippen LogP contribution in [0, 0.1) is 11.8 Å². The third-order valence-corrected chi connectivity index (χ3v) is 5.73. The third kappa shape index (κ3) is 5.29. The van der Waals surface area contributed by atoms with Gasteiger partial charge in [-0.2, -0.15) is 4.98 Å². The number of nitrogens with one attached hydrogen (secondary N) is 1. The zero-order valence-corrected chi connectivity index (χ0v) is 18.8. The largest absolute Gasteiger partial charge is 0.492 e. The van der Waals surface area contributed by atoms with E-state index >= 15 is 0 Å². The first-order valence-corrected chi connectivity index (χ1v) is 11.1. The number of benzene rings is 2. The molecule has 1 aliphatic rings. The molecule has 0 amide bonds. The molecule has 168 valence electrons. The Morgan fingerprint density at radius 2 is 2.00 bits per heavy atom. The summed E-state index contributed by atoms with van der Waals surface area (Å²) >= 11 is 6.35. The number of ether oxygens (including phenoxy) is 1. The summed E-state index contributed by atoms with van der Waals surface area (Å²) in [5.74, 6) is 1.32. The monoisotopic (exact) mass is 455 g/mol. The predicted octanol–water partition coefficient (Wildman–Crippen LogP) is 5.22. The SMILES string of the molecule is CC(C)COc1ccc(-c2nc(-c3ccc(C4CC(CC(=O)O)CN4)cc3)no2)cc1Cl. The van der Waals surface area contributed by atoms with Crippen LogP contribution in [0.25, 0.3) is 22.8 Å². The number of carbonyl (C=O) groups is 1. The van der Waals surface area contributed by atoms with Gasteiger partial charge in [0.05, 0.1) is 11.6 Å². The summed E-state index contributed by atoms with van der Waals surface area (Å²) in [7, 11) is 0. The molecule has 1 aliphatic heterocycles. The molecule has 2 aromatic carbocycles. The van der Waals surface area contributed by atoms with Crippen molar-refractivity contribution >= 4 is 17.6 Å². The number of nitrogens with zero attached hydrogens (tertiary/aromatic N) is 2. The van der Waals surface area contributed by atoms with Crippen molar-refractivity contribution in [2.24, 2.45) is 11.8 Å². The second kappa shape index (κ2) is 9.71. The molecular formula is C24H26ClN3O4. The van der Waals surface area contributed by atoms with Gasteiger partial charge in [0.2, 0.25) is 5.82 Å². The van der Waals surface area contributed by atoms with Crippen molar-refractivity contribution in [2.75, 3.05) is 13.2 Å². The summed E-state index contributed by atoms with van der Waals surface area (Å²) in [6.45, 7) is 5.47. The lowest BCUT2D eigenvalue weighted by atomic mass is 9.97. The molecule has 2 unspecified atom stereocenters. The van der Waals surface area contributed by atoms with Gasteiger partial charge in [-0.25, -0.2) is 0 Å². The number of halogens is 1. The van der Waals surface area contributed by atoms with Crippen molar-refractivity contribution in [3.05, 3.63) is 53.1 Å². The van der Waals surface area contributed by atoms with Crippen LogP contribution >= 0.6 is 11.6 Å². The Morgan fingerprint density at radius 1 is 1.25 bits per heavy atom. The van der Waals surface area contributed by atoms with E-state index in [-0.39, 0.29) is 18.4 Å². The quantitative estimate of drug-likeness (QED) is 0.480. The summed E-state index contributed by atoms with van der Waals surface area (Å²) in [4.78, 5) is 15.4. The van der Waals surface area contributed by atoms with Gasteiger partial charge in [-0.15, -0.1) is 0 Å². The van der Waals surface area contributed by atoms with Crippen molar-refractivity contribution in [2.45, 2.75) is 32.7 Å². The highest BCUT2D eigenvalue weighted by atomic mass is 35.5. The maximum atomic E-state index is 10.9. The average molecular weight is 456 g/mol. The lowest BCUT2D eigenvalue weighted by Crippen LogP contribution is -2.14. The molecule has 2 N–H and O–H groups in total. The molecule has 0 spiro atoms. The number of rotatable bonds is 8. The summed E-state index contributed by atoms with van der Waals surface area (Å²) in [6.07, 6.45) is 1.01. The van der Waals surface area contributed by atoms with Crippen LogP contribution in [0.15, 0.2) is 47.0 Å². The smallest absolute Gasteiger partial charge is 0.303 e. The zero-order valence-electron chi connectivity index (χ0n) is 18.0. The minimum Gasteiger partial charge on any atom is -0.492 e. The lowest BCUT2D eigenvalue weighted by Gasteiger charge is -2.11. The number of aromatic nitrogens is 2. The second-order valence-corrected chi connectivity index (χ2v) is 8.96. The topological polar surface area (TPSA) is 97.5 Å². The molecular weight excluding hydrogens is 430 g/mol. The maximum Gasteiger partial charge on any atom is 0.303 e. The molecule has 32 heavy (non-hydrogen) atoms. The van der Waals surface area contributed by atoms with E-state index in [4.69, 9.17) is 26.0 Å². The van der Waals surface area contributed by atoms with E-state index in [0.717, 1.165) is 29.7 Å². The van der Waals surface area contributed by atoms with Gasteiger partial charge in [-0.05, 0) is 48.6 Å². The van der Waals surface area contributed by atoms with E-state index in [0.29, 0.717) is 35.0 Å². The Morgan fingerprint density at radius 3 is 2.69 bits per heavy atom. The third-order valence-electron chi connectivity index (χ3n) is 5.43. The molecule has 1 aromatic heterocycles. The molecule has 1 saturated heterocycles. The molecule has 0 radical (unpaired) electrons. The summed E-state index contributed by atoms with van der Waals surface area (Å²) in [5, 5.41) is 17.0. The van der Waals surface area contributed by atoms with Crippen LogP contribution in [0.4, 0.5) is 0 Å². The Bertz CT molecular complexity index is 1080. The number of carboxylic acids is 1. The number of carboxylic acid groups (broad SMARTS) is 1. The molecule has 8 heteroatoms. The maximum absolute atomic E-state index is 10.9. The van der Waals surface area contributed by atoms with Gasteiger partial charge < -0.3 is 19.7 Å². The van der Waals surface area contributed by atoms with Crippen LogP contribution in [0.2, 0.25) is 5.02 Å². The first-order chi connectivity index (χ1) is 15.4. The Kier molecular flexibility index (Phi) is 6.77. The zero-order chi connectivity index (χ0) is 22.7. The highest BCUT2D eigenvalue weighted by Crippen LogP contribution is 2.32.